The number of hydrogen-bond acceptors (Lipinski definition) is 2. The molecule has 5 heteroatoms. The van der Waals surface area contributed by atoms with Crippen molar-refractivity contribution < 1.29 is 9.59 Å². The molecule has 3 nitrogen and oxygen atoms in total. The number of rotatable bonds is 2. The zero-order valence-corrected chi connectivity index (χ0v) is 12.4. The molecule has 1 N–H and O–H groups in total. The number of nitrogens with one attached hydrogen (secondary N) is 1. The van der Waals surface area contributed by atoms with E-state index in [0.29, 0.717) is 21.2 Å². The number of carbonyl (C=O) groups is 2. The number of carbonyl (C=O) groups excluding carboxylic acids is 2. The highest BCUT2D eigenvalue weighted by molar-refractivity contribution is 6.33. The number of halogens is 2. The van der Waals surface area contributed by atoms with Crippen molar-refractivity contribution in [3.8, 4) is 0 Å². The molecule has 0 saturated carbocycles. The molecule has 21 heavy (non-hydrogen) atoms. The zero-order valence-electron chi connectivity index (χ0n) is 10.9. The van der Waals surface area contributed by atoms with Gasteiger partial charge in [-0.15, -0.1) is 0 Å². The molecule has 0 aliphatic carbocycles. The van der Waals surface area contributed by atoms with Crippen LogP contribution in [0.1, 0.15) is 17.5 Å². The van der Waals surface area contributed by atoms with Gasteiger partial charge in [-0.05, 0) is 23.3 Å². The van der Waals surface area contributed by atoms with E-state index < -0.39 is 11.3 Å². The highest BCUT2D eigenvalue weighted by Crippen LogP contribution is 2.44. The van der Waals surface area contributed by atoms with Crippen molar-refractivity contribution in [2.75, 3.05) is 0 Å². The van der Waals surface area contributed by atoms with E-state index in [2.05, 4.69) is 5.32 Å². The monoisotopic (exact) mass is 319 g/mol. The van der Waals surface area contributed by atoms with Crippen LogP contribution in [0.25, 0.3) is 0 Å². The summed E-state index contributed by atoms with van der Waals surface area (Å²) in [6.07, 6.45) is -0.000694. The first-order chi connectivity index (χ1) is 10.1. The summed E-state index contributed by atoms with van der Waals surface area (Å²) in [7, 11) is 0. The minimum Gasteiger partial charge on any atom is -0.295 e. The molecule has 0 spiro atoms. The first-order valence-corrected chi connectivity index (χ1v) is 7.15. The Balaban J connectivity index is 2.33. The number of benzene rings is 2. The van der Waals surface area contributed by atoms with E-state index in [1.807, 2.05) is 0 Å². The molecule has 0 atom stereocenters. The molecule has 1 heterocycles. The average Bonchev–Trinajstić information content (AvgIpc) is 2.75. The van der Waals surface area contributed by atoms with Crippen molar-refractivity contribution in [1.29, 1.82) is 0 Å². The van der Waals surface area contributed by atoms with Gasteiger partial charge in [0.15, 0.2) is 0 Å². The smallest absolute Gasteiger partial charge is 0.242 e. The minimum absolute atomic E-state index is 0.000694. The number of imide groups is 1. The number of amides is 2. The van der Waals surface area contributed by atoms with Gasteiger partial charge in [0, 0.05) is 16.5 Å². The van der Waals surface area contributed by atoms with Crippen LogP contribution in [0.2, 0.25) is 10.0 Å². The molecule has 2 aromatic rings. The van der Waals surface area contributed by atoms with Gasteiger partial charge in [0.1, 0.15) is 5.41 Å². The third-order valence-corrected chi connectivity index (χ3v) is 4.39. The molecule has 106 valence electrons. The van der Waals surface area contributed by atoms with Crippen LogP contribution in [0.4, 0.5) is 0 Å². The summed E-state index contributed by atoms with van der Waals surface area (Å²) >= 11 is 12.5. The van der Waals surface area contributed by atoms with E-state index in [0.717, 1.165) is 0 Å². The zero-order chi connectivity index (χ0) is 15.0. The van der Waals surface area contributed by atoms with Crippen LogP contribution in [0, 0.1) is 0 Å². The Morgan fingerprint density at radius 2 is 1.33 bits per heavy atom. The van der Waals surface area contributed by atoms with Gasteiger partial charge in [-0.1, -0.05) is 59.6 Å². The fourth-order valence-electron chi connectivity index (χ4n) is 2.79. The molecule has 1 saturated heterocycles. The lowest BCUT2D eigenvalue weighted by atomic mass is 9.73. The van der Waals surface area contributed by atoms with Crippen LogP contribution >= 0.6 is 23.2 Å². The van der Waals surface area contributed by atoms with E-state index in [9.17, 15) is 9.59 Å². The molecular formula is C16H11Cl2NO2. The lowest BCUT2D eigenvalue weighted by Crippen LogP contribution is -2.37. The van der Waals surface area contributed by atoms with Gasteiger partial charge in [-0.2, -0.15) is 0 Å². The molecule has 1 aliphatic heterocycles. The molecule has 0 unspecified atom stereocenters. The molecule has 1 aliphatic rings. The molecule has 0 aromatic heterocycles. The Morgan fingerprint density at radius 3 is 1.71 bits per heavy atom. The summed E-state index contributed by atoms with van der Waals surface area (Å²) in [6, 6.07) is 14.0. The van der Waals surface area contributed by atoms with Crippen molar-refractivity contribution in [2.24, 2.45) is 0 Å². The second-order valence-electron chi connectivity index (χ2n) is 4.92. The van der Waals surface area contributed by atoms with E-state index in [1.165, 1.54) is 0 Å². The van der Waals surface area contributed by atoms with Crippen molar-refractivity contribution in [3.05, 3.63) is 69.7 Å². The van der Waals surface area contributed by atoms with Gasteiger partial charge < -0.3 is 0 Å². The Kier molecular flexibility index (Phi) is 3.47. The summed E-state index contributed by atoms with van der Waals surface area (Å²) in [6.45, 7) is 0. The first kappa shape index (κ1) is 14.1. The second kappa shape index (κ2) is 5.17. The van der Waals surface area contributed by atoms with E-state index in [1.54, 1.807) is 48.5 Å². The Hall–Kier alpha value is -1.84. The SMILES string of the molecule is O=C1CC(c2ccccc2Cl)(c2ccccc2Cl)C(=O)N1. The topological polar surface area (TPSA) is 46.2 Å². The minimum atomic E-state index is -1.17. The van der Waals surface area contributed by atoms with E-state index >= 15 is 0 Å². The molecule has 0 radical (unpaired) electrons. The highest BCUT2D eigenvalue weighted by atomic mass is 35.5. The predicted octanol–water partition coefficient (Wildman–Crippen LogP) is 3.33. The summed E-state index contributed by atoms with van der Waals surface area (Å²) in [5, 5.41) is 3.23. The third-order valence-electron chi connectivity index (χ3n) is 3.73. The fraction of sp³-hybridized carbons (Fsp3) is 0.125. The van der Waals surface area contributed by atoms with Crippen LogP contribution in [-0.2, 0) is 15.0 Å². The fourth-order valence-corrected chi connectivity index (χ4v) is 3.39. The van der Waals surface area contributed by atoms with Crippen LogP contribution in [-0.4, -0.2) is 11.8 Å². The normalized spacial score (nSPS) is 16.9. The largest absolute Gasteiger partial charge is 0.295 e. The first-order valence-electron chi connectivity index (χ1n) is 6.40. The summed E-state index contributed by atoms with van der Waals surface area (Å²) in [4.78, 5) is 24.4. The maximum absolute atomic E-state index is 12.6. The van der Waals surface area contributed by atoms with E-state index in [-0.39, 0.29) is 12.3 Å². The van der Waals surface area contributed by atoms with Crippen molar-refractivity contribution in [1.82, 2.24) is 5.32 Å². The predicted molar refractivity (Wildman–Crippen MR) is 81.5 cm³/mol. The van der Waals surface area contributed by atoms with Gasteiger partial charge in [0.05, 0.1) is 0 Å². The second-order valence-corrected chi connectivity index (χ2v) is 5.73. The van der Waals surface area contributed by atoms with E-state index in [4.69, 9.17) is 23.2 Å². The molecule has 0 bridgehead atoms. The van der Waals surface area contributed by atoms with Crippen LogP contribution in [0.3, 0.4) is 0 Å². The maximum Gasteiger partial charge on any atom is 0.242 e. The lowest BCUT2D eigenvalue weighted by Gasteiger charge is -2.28. The molecule has 1 fully saturated rings. The van der Waals surface area contributed by atoms with Crippen molar-refractivity contribution >= 4 is 35.0 Å². The highest BCUT2D eigenvalue weighted by Gasteiger charge is 2.51. The molecule has 2 aromatic carbocycles. The van der Waals surface area contributed by atoms with Gasteiger partial charge in [0.25, 0.3) is 0 Å². The van der Waals surface area contributed by atoms with Gasteiger partial charge in [-0.3, -0.25) is 14.9 Å². The van der Waals surface area contributed by atoms with Crippen LogP contribution in [0.15, 0.2) is 48.5 Å². The quantitative estimate of drug-likeness (QED) is 0.863. The Labute approximate surface area is 131 Å². The lowest BCUT2D eigenvalue weighted by molar-refractivity contribution is -0.125. The summed E-state index contributed by atoms with van der Waals surface area (Å²) in [5.74, 6) is -0.728. The van der Waals surface area contributed by atoms with Gasteiger partial charge >= 0.3 is 0 Å². The Bertz CT molecular complexity index is 697. The molecular weight excluding hydrogens is 309 g/mol. The Morgan fingerprint density at radius 1 is 0.857 bits per heavy atom. The maximum atomic E-state index is 12.6. The van der Waals surface area contributed by atoms with Crippen molar-refractivity contribution in [3.63, 3.8) is 0 Å². The summed E-state index contributed by atoms with van der Waals surface area (Å²) < 4.78 is 0. The number of hydrogen-bond donors (Lipinski definition) is 1. The van der Waals surface area contributed by atoms with Gasteiger partial charge in [0.2, 0.25) is 11.8 Å². The van der Waals surface area contributed by atoms with Crippen molar-refractivity contribution in [2.45, 2.75) is 11.8 Å². The third kappa shape index (κ3) is 2.13. The molecule has 2 amide bonds. The van der Waals surface area contributed by atoms with Crippen LogP contribution < -0.4 is 5.32 Å². The molecule has 3 rings (SSSR count). The summed E-state index contributed by atoms with van der Waals surface area (Å²) in [5.41, 5.74) is -0.000409. The van der Waals surface area contributed by atoms with Crippen LogP contribution in [0.5, 0.6) is 0 Å². The standard InChI is InChI=1S/C16H11Cl2NO2/c17-12-7-3-1-5-10(12)16(9-14(20)19-15(16)21)11-6-2-4-8-13(11)18/h1-8H,9H2,(H,19,20,21). The average molecular weight is 320 g/mol. The van der Waals surface area contributed by atoms with Gasteiger partial charge in [-0.25, -0.2) is 0 Å².